The zero-order chi connectivity index (χ0) is 13.3. The highest BCUT2D eigenvalue weighted by atomic mass is 16.6. The van der Waals surface area contributed by atoms with Crippen LogP contribution in [-0.4, -0.2) is 16.5 Å². The summed E-state index contributed by atoms with van der Waals surface area (Å²) in [4.78, 5) is 14.4. The van der Waals surface area contributed by atoms with E-state index in [0.717, 1.165) is 6.42 Å². The van der Waals surface area contributed by atoms with Crippen LogP contribution in [0, 0.1) is 32.8 Å². The third-order valence-electron chi connectivity index (χ3n) is 3.46. The largest absolute Gasteiger partial charge is 0.364 e. The van der Waals surface area contributed by atoms with Gasteiger partial charge in [-0.3, -0.25) is 10.1 Å². The number of hydrogen-bond acceptors (Lipinski definition) is 5. The number of nitro groups is 1. The van der Waals surface area contributed by atoms with Gasteiger partial charge in [-0.15, -0.1) is 0 Å². The average molecular weight is 246 g/mol. The highest BCUT2D eigenvalue weighted by Gasteiger charge is 2.45. The van der Waals surface area contributed by atoms with Crippen molar-refractivity contribution in [2.75, 3.05) is 11.9 Å². The SMILES string of the molecule is CC1(C)CC1CNc1nccc(C#N)c1[N+](=O)[O-]. The minimum atomic E-state index is -0.564. The minimum absolute atomic E-state index is 0.0348. The molecule has 1 saturated carbocycles. The van der Waals surface area contributed by atoms with Gasteiger partial charge in [-0.1, -0.05) is 13.8 Å². The number of aromatic nitrogens is 1. The zero-order valence-electron chi connectivity index (χ0n) is 10.3. The molecule has 1 heterocycles. The fourth-order valence-corrected chi connectivity index (χ4v) is 2.00. The fourth-order valence-electron chi connectivity index (χ4n) is 2.00. The maximum Gasteiger partial charge on any atom is 0.328 e. The summed E-state index contributed by atoms with van der Waals surface area (Å²) in [7, 11) is 0. The predicted molar refractivity (Wildman–Crippen MR) is 66.0 cm³/mol. The van der Waals surface area contributed by atoms with Crippen molar-refractivity contribution in [2.45, 2.75) is 20.3 Å². The van der Waals surface area contributed by atoms with Gasteiger partial charge in [-0.2, -0.15) is 5.26 Å². The third-order valence-corrected chi connectivity index (χ3v) is 3.46. The first-order valence-corrected chi connectivity index (χ1v) is 5.73. The van der Waals surface area contributed by atoms with Gasteiger partial charge in [0.15, 0.2) is 0 Å². The Labute approximate surface area is 105 Å². The summed E-state index contributed by atoms with van der Waals surface area (Å²) in [5, 5.41) is 22.8. The number of rotatable bonds is 4. The Kier molecular flexibility index (Phi) is 2.91. The predicted octanol–water partition coefficient (Wildman–Crippen LogP) is 2.32. The van der Waals surface area contributed by atoms with E-state index in [9.17, 15) is 10.1 Å². The van der Waals surface area contributed by atoms with E-state index in [4.69, 9.17) is 5.26 Å². The molecule has 1 unspecified atom stereocenters. The normalized spacial score (nSPS) is 19.9. The lowest BCUT2D eigenvalue weighted by molar-refractivity contribution is -0.384. The molecule has 1 aliphatic carbocycles. The minimum Gasteiger partial charge on any atom is -0.364 e. The van der Waals surface area contributed by atoms with Gasteiger partial charge >= 0.3 is 5.69 Å². The number of nitriles is 1. The number of anilines is 1. The Morgan fingerprint density at radius 2 is 2.39 bits per heavy atom. The Bertz CT molecular complexity index is 533. The summed E-state index contributed by atoms with van der Waals surface area (Å²) < 4.78 is 0. The molecule has 1 N–H and O–H groups in total. The van der Waals surface area contributed by atoms with Crippen molar-refractivity contribution in [2.24, 2.45) is 11.3 Å². The van der Waals surface area contributed by atoms with Crippen molar-refractivity contribution in [3.63, 3.8) is 0 Å². The lowest BCUT2D eigenvalue weighted by Crippen LogP contribution is -2.10. The molecular weight excluding hydrogens is 232 g/mol. The van der Waals surface area contributed by atoms with Crippen molar-refractivity contribution in [1.82, 2.24) is 4.98 Å². The summed E-state index contributed by atoms with van der Waals surface area (Å²) in [6.45, 7) is 4.97. The van der Waals surface area contributed by atoms with Crippen molar-refractivity contribution >= 4 is 11.5 Å². The van der Waals surface area contributed by atoms with Crippen LogP contribution in [0.1, 0.15) is 25.8 Å². The quantitative estimate of drug-likeness (QED) is 0.650. The summed E-state index contributed by atoms with van der Waals surface area (Å²) in [6.07, 6.45) is 2.51. The van der Waals surface area contributed by atoms with Crippen LogP contribution >= 0.6 is 0 Å². The van der Waals surface area contributed by atoms with Crippen LogP contribution in [0.15, 0.2) is 12.3 Å². The molecule has 0 aromatic carbocycles. The summed E-state index contributed by atoms with van der Waals surface area (Å²) in [5.41, 5.74) is 0.0975. The molecule has 1 aliphatic rings. The van der Waals surface area contributed by atoms with Crippen LogP contribution in [0.2, 0.25) is 0 Å². The number of pyridine rings is 1. The van der Waals surface area contributed by atoms with E-state index in [1.165, 1.54) is 12.3 Å². The van der Waals surface area contributed by atoms with E-state index in [0.29, 0.717) is 17.9 Å². The van der Waals surface area contributed by atoms with Gasteiger partial charge < -0.3 is 5.32 Å². The maximum absolute atomic E-state index is 11.0. The Hall–Kier alpha value is -2.16. The number of hydrogen-bond donors (Lipinski definition) is 1. The van der Waals surface area contributed by atoms with Crippen LogP contribution in [0.4, 0.5) is 11.5 Å². The van der Waals surface area contributed by atoms with Gasteiger partial charge in [0, 0.05) is 12.7 Å². The molecule has 0 bridgehead atoms. The van der Waals surface area contributed by atoms with Crippen LogP contribution < -0.4 is 5.32 Å². The van der Waals surface area contributed by atoms with Gasteiger partial charge in [-0.25, -0.2) is 4.98 Å². The fraction of sp³-hybridized carbons (Fsp3) is 0.500. The molecule has 2 rings (SSSR count). The van der Waals surface area contributed by atoms with Crippen LogP contribution in [0.5, 0.6) is 0 Å². The highest BCUT2D eigenvalue weighted by molar-refractivity contribution is 5.64. The standard InChI is InChI=1S/C12H14N4O2/c1-12(2)5-9(12)7-15-11-10(16(17)18)8(6-13)3-4-14-11/h3-4,9H,5,7H2,1-2H3,(H,14,15). The molecule has 1 aromatic rings. The van der Waals surface area contributed by atoms with Crippen molar-refractivity contribution in [1.29, 1.82) is 5.26 Å². The van der Waals surface area contributed by atoms with Gasteiger partial charge in [-0.05, 0) is 23.8 Å². The summed E-state index contributed by atoms with van der Waals surface area (Å²) in [6, 6.07) is 3.17. The molecule has 0 amide bonds. The first kappa shape index (κ1) is 12.3. The van der Waals surface area contributed by atoms with E-state index in [1.54, 1.807) is 0 Å². The lowest BCUT2D eigenvalue weighted by atomic mass is 10.1. The first-order chi connectivity index (χ1) is 8.45. The molecule has 6 heteroatoms. The van der Waals surface area contributed by atoms with E-state index >= 15 is 0 Å². The van der Waals surface area contributed by atoms with E-state index < -0.39 is 4.92 Å². The smallest absolute Gasteiger partial charge is 0.328 e. The molecular formula is C12H14N4O2. The molecule has 0 radical (unpaired) electrons. The second kappa shape index (κ2) is 4.26. The summed E-state index contributed by atoms with van der Waals surface area (Å²) in [5.74, 6) is 0.686. The average Bonchev–Trinajstić information content (AvgIpc) is 2.93. The second-order valence-corrected chi connectivity index (χ2v) is 5.20. The molecule has 0 spiro atoms. The molecule has 0 saturated heterocycles. The van der Waals surface area contributed by atoms with Crippen molar-refractivity contribution < 1.29 is 4.92 Å². The lowest BCUT2D eigenvalue weighted by Gasteiger charge is -2.07. The topological polar surface area (TPSA) is 91.8 Å². The number of nitrogens with one attached hydrogen (secondary N) is 1. The second-order valence-electron chi connectivity index (χ2n) is 5.20. The molecule has 6 nitrogen and oxygen atoms in total. The van der Waals surface area contributed by atoms with Gasteiger partial charge in [0.25, 0.3) is 0 Å². The summed E-state index contributed by atoms with van der Waals surface area (Å²) >= 11 is 0. The van der Waals surface area contributed by atoms with Crippen molar-refractivity contribution in [3.8, 4) is 6.07 Å². The molecule has 18 heavy (non-hydrogen) atoms. The monoisotopic (exact) mass is 246 g/mol. The van der Waals surface area contributed by atoms with E-state index in [-0.39, 0.29) is 17.1 Å². The molecule has 1 atom stereocenters. The zero-order valence-corrected chi connectivity index (χ0v) is 10.3. The number of nitrogens with zero attached hydrogens (tertiary/aromatic N) is 3. The van der Waals surface area contributed by atoms with E-state index in [1.807, 2.05) is 6.07 Å². The molecule has 0 aliphatic heterocycles. The first-order valence-electron chi connectivity index (χ1n) is 5.73. The molecule has 94 valence electrons. The Morgan fingerprint density at radius 1 is 1.72 bits per heavy atom. The molecule has 1 aromatic heterocycles. The van der Waals surface area contributed by atoms with Crippen molar-refractivity contribution in [3.05, 3.63) is 27.9 Å². The van der Waals surface area contributed by atoms with Crippen LogP contribution in [0.25, 0.3) is 0 Å². The van der Waals surface area contributed by atoms with Gasteiger partial charge in [0.1, 0.15) is 11.6 Å². The highest BCUT2D eigenvalue weighted by Crippen LogP contribution is 2.51. The van der Waals surface area contributed by atoms with Gasteiger partial charge in [0.05, 0.1) is 4.92 Å². The maximum atomic E-state index is 11.0. The van der Waals surface area contributed by atoms with Crippen LogP contribution in [-0.2, 0) is 0 Å². The Balaban J connectivity index is 2.18. The Morgan fingerprint density at radius 3 is 2.89 bits per heavy atom. The van der Waals surface area contributed by atoms with Gasteiger partial charge in [0.2, 0.25) is 5.82 Å². The molecule has 1 fully saturated rings. The van der Waals surface area contributed by atoms with E-state index in [2.05, 4.69) is 24.1 Å². The van der Waals surface area contributed by atoms with Crippen LogP contribution in [0.3, 0.4) is 0 Å². The third kappa shape index (κ3) is 2.25.